The van der Waals surface area contributed by atoms with Gasteiger partial charge in [0.15, 0.2) is 0 Å². The Morgan fingerprint density at radius 1 is 0.973 bits per heavy atom. The first kappa shape index (κ1) is 28.2. The first-order valence-corrected chi connectivity index (χ1v) is 13.2. The van der Waals surface area contributed by atoms with E-state index in [9.17, 15) is 22.0 Å². The smallest absolute Gasteiger partial charge is 0.319 e. The van der Waals surface area contributed by atoms with E-state index in [1.807, 2.05) is 0 Å². The van der Waals surface area contributed by atoms with Gasteiger partial charge in [0.2, 0.25) is 0 Å². The minimum atomic E-state index is -4.32. The van der Waals surface area contributed by atoms with E-state index in [2.05, 4.69) is 0 Å². The van der Waals surface area contributed by atoms with Gasteiger partial charge in [0.05, 0.1) is 23.7 Å². The fraction of sp³-hybridized carbons (Fsp3) is 0.269. The average Bonchev–Trinajstić information content (AvgIpc) is 2.87. The van der Waals surface area contributed by atoms with E-state index >= 15 is 0 Å². The number of benzene rings is 3. The minimum absolute atomic E-state index is 0.132. The summed E-state index contributed by atoms with van der Waals surface area (Å²) in [5.41, 5.74) is 0.00926. The molecular formula is C26H28ClF2N3O4S. The van der Waals surface area contributed by atoms with Crippen LogP contribution < -0.4 is 9.04 Å². The number of halogens is 3. The van der Waals surface area contributed by atoms with Crippen LogP contribution in [0.3, 0.4) is 0 Å². The van der Waals surface area contributed by atoms with Crippen molar-refractivity contribution in [3.05, 3.63) is 89.0 Å². The third-order valence-electron chi connectivity index (χ3n) is 5.47. The molecule has 0 aliphatic rings. The van der Waals surface area contributed by atoms with E-state index < -0.39 is 27.3 Å². The number of carbonyl (C=O) groups excluding carboxylic acids is 1. The van der Waals surface area contributed by atoms with Crippen LogP contribution in [0.1, 0.15) is 12.0 Å². The molecule has 0 bridgehead atoms. The van der Waals surface area contributed by atoms with E-state index in [4.69, 9.17) is 16.3 Å². The predicted molar refractivity (Wildman–Crippen MR) is 139 cm³/mol. The fourth-order valence-corrected chi connectivity index (χ4v) is 5.13. The van der Waals surface area contributed by atoms with Crippen LogP contribution in [0.2, 0.25) is 5.02 Å². The minimum Gasteiger partial charge on any atom is -0.493 e. The molecule has 0 unspecified atom stereocenters. The highest BCUT2D eigenvalue weighted by molar-refractivity contribution is 7.92. The average molecular weight is 552 g/mol. The maximum absolute atomic E-state index is 14.8. The van der Waals surface area contributed by atoms with E-state index in [0.717, 1.165) is 22.5 Å². The Bertz CT molecular complexity index is 1340. The zero-order valence-corrected chi connectivity index (χ0v) is 22.3. The van der Waals surface area contributed by atoms with Crippen LogP contribution in [0.5, 0.6) is 5.75 Å². The molecule has 198 valence electrons. The lowest BCUT2D eigenvalue weighted by Gasteiger charge is -2.26. The zero-order valence-electron chi connectivity index (χ0n) is 20.7. The van der Waals surface area contributed by atoms with Gasteiger partial charge in [-0.2, -0.15) is 0 Å². The third kappa shape index (κ3) is 7.11. The van der Waals surface area contributed by atoms with Crippen LogP contribution in [-0.2, 0) is 16.6 Å². The van der Waals surface area contributed by atoms with Crippen LogP contribution in [0.25, 0.3) is 0 Å². The molecule has 0 heterocycles. The molecule has 0 N–H and O–H groups in total. The second-order valence-corrected chi connectivity index (χ2v) is 10.8. The maximum Gasteiger partial charge on any atom is 0.319 e. The first-order chi connectivity index (χ1) is 17.5. The largest absolute Gasteiger partial charge is 0.493 e. The highest BCUT2D eigenvalue weighted by atomic mass is 35.5. The number of nitrogens with zero attached hydrogens (tertiary/aromatic N) is 3. The number of rotatable bonds is 10. The van der Waals surface area contributed by atoms with Gasteiger partial charge < -0.3 is 14.5 Å². The number of sulfonamides is 1. The molecule has 0 saturated carbocycles. The topological polar surface area (TPSA) is 70.2 Å². The summed E-state index contributed by atoms with van der Waals surface area (Å²) >= 11 is 5.91. The molecule has 0 atom stereocenters. The number of hydrogen-bond acceptors (Lipinski definition) is 4. The van der Waals surface area contributed by atoms with Crippen LogP contribution in [-0.4, -0.2) is 58.5 Å². The van der Waals surface area contributed by atoms with Gasteiger partial charge in [-0.3, -0.25) is 4.31 Å². The van der Waals surface area contributed by atoms with Crippen LogP contribution >= 0.6 is 11.6 Å². The van der Waals surface area contributed by atoms with Crippen molar-refractivity contribution in [3.63, 3.8) is 0 Å². The van der Waals surface area contributed by atoms with E-state index in [1.54, 1.807) is 50.3 Å². The predicted octanol–water partition coefficient (Wildman–Crippen LogP) is 5.40. The van der Waals surface area contributed by atoms with Gasteiger partial charge >= 0.3 is 6.03 Å². The number of amides is 2. The molecule has 3 rings (SSSR count). The first-order valence-electron chi connectivity index (χ1n) is 11.4. The number of ether oxygens (including phenoxy) is 1. The Labute approximate surface area is 220 Å². The lowest BCUT2D eigenvalue weighted by atomic mass is 10.2. The molecule has 0 aliphatic carbocycles. The van der Waals surface area contributed by atoms with Crippen molar-refractivity contribution >= 4 is 33.3 Å². The third-order valence-corrected chi connectivity index (χ3v) is 7.50. The van der Waals surface area contributed by atoms with Crippen LogP contribution in [0.4, 0.5) is 19.3 Å². The highest BCUT2D eigenvalue weighted by Gasteiger charge is 2.29. The second-order valence-electron chi connectivity index (χ2n) is 8.47. The summed E-state index contributed by atoms with van der Waals surface area (Å²) < 4.78 is 62.8. The van der Waals surface area contributed by atoms with Gasteiger partial charge in [0.25, 0.3) is 10.0 Å². The van der Waals surface area contributed by atoms with Crippen molar-refractivity contribution < 1.29 is 26.7 Å². The van der Waals surface area contributed by atoms with Crippen molar-refractivity contribution in [1.82, 2.24) is 9.80 Å². The fourth-order valence-electron chi connectivity index (χ4n) is 3.56. The number of urea groups is 1. The summed E-state index contributed by atoms with van der Waals surface area (Å²) in [6.45, 7) is 0.381. The Morgan fingerprint density at radius 3 is 2.32 bits per heavy atom. The Morgan fingerprint density at radius 2 is 1.65 bits per heavy atom. The van der Waals surface area contributed by atoms with Crippen molar-refractivity contribution in [2.45, 2.75) is 17.9 Å². The maximum atomic E-state index is 14.8. The van der Waals surface area contributed by atoms with Crippen LogP contribution in [0.15, 0.2) is 71.6 Å². The van der Waals surface area contributed by atoms with Gasteiger partial charge in [0, 0.05) is 44.3 Å². The number of anilines is 1. The van der Waals surface area contributed by atoms with E-state index in [1.165, 1.54) is 29.2 Å². The Balaban J connectivity index is 1.88. The zero-order chi connectivity index (χ0) is 27.2. The second kappa shape index (κ2) is 12.2. The van der Waals surface area contributed by atoms with E-state index in [-0.39, 0.29) is 24.1 Å². The SMILES string of the molecule is CN(C)C(=O)N(C)CCCOc1ccccc1CN(c1cc(F)ccc1F)S(=O)(=O)c1ccc(Cl)cc1. The molecule has 2 amide bonds. The van der Waals surface area contributed by atoms with Crippen molar-refractivity contribution in [2.75, 3.05) is 38.6 Å². The molecule has 3 aromatic rings. The summed E-state index contributed by atoms with van der Waals surface area (Å²) in [6.07, 6.45) is 0.524. The number of carbonyl (C=O) groups is 1. The van der Waals surface area contributed by atoms with Gasteiger partial charge in [-0.25, -0.2) is 22.0 Å². The molecule has 0 spiro atoms. The standard InChI is InChI=1S/C26H28ClF2N3O4S/c1-30(2)26(33)31(3)15-6-16-36-25-8-5-4-7-19(25)18-32(24-17-21(28)11-14-23(24)29)37(34,35)22-12-9-20(27)10-13-22/h4-5,7-14,17H,6,15-16,18H2,1-3H3. The van der Waals surface area contributed by atoms with Crippen molar-refractivity contribution in [2.24, 2.45) is 0 Å². The van der Waals surface area contributed by atoms with E-state index in [0.29, 0.717) is 29.3 Å². The van der Waals surface area contributed by atoms with Gasteiger partial charge in [0.1, 0.15) is 17.4 Å². The Kier molecular flexibility index (Phi) is 9.34. The summed E-state index contributed by atoms with van der Waals surface area (Å²) in [5, 5.41) is 0.333. The van der Waals surface area contributed by atoms with Gasteiger partial charge in [-0.1, -0.05) is 29.8 Å². The van der Waals surface area contributed by atoms with Gasteiger partial charge in [-0.15, -0.1) is 0 Å². The summed E-state index contributed by atoms with van der Waals surface area (Å²) in [4.78, 5) is 14.9. The monoisotopic (exact) mass is 551 g/mol. The number of para-hydroxylation sites is 1. The summed E-state index contributed by atoms with van der Waals surface area (Å²) in [6, 6.07) is 14.6. The summed E-state index contributed by atoms with van der Waals surface area (Å²) in [5.74, 6) is -1.29. The molecule has 11 heteroatoms. The molecule has 0 fully saturated rings. The molecule has 0 saturated heterocycles. The molecule has 3 aromatic carbocycles. The van der Waals surface area contributed by atoms with Crippen LogP contribution in [0, 0.1) is 11.6 Å². The lowest BCUT2D eigenvalue weighted by molar-refractivity contribution is 0.177. The number of hydrogen-bond donors (Lipinski definition) is 0. The molecule has 0 aliphatic heterocycles. The molecular weight excluding hydrogens is 524 g/mol. The van der Waals surface area contributed by atoms with Gasteiger partial charge in [-0.05, 0) is 48.9 Å². The Hall–Kier alpha value is -3.37. The quantitative estimate of drug-likeness (QED) is 0.317. The molecule has 0 radical (unpaired) electrons. The van der Waals surface area contributed by atoms with Crippen molar-refractivity contribution in [3.8, 4) is 5.75 Å². The highest BCUT2D eigenvalue weighted by Crippen LogP contribution is 2.31. The normalized spacial score (nSPS) is 11.2. The lowest BCUT2D eigenvalue weighted by Crippen LogP contribution is -2.37. The molecule has 37 heavy (non-hydrogen) atoms. The molecule has 0 aromatic heterocycles. The van der Waals surface area contributed by atoms with Crippen molar-refractivity contribution in [1.29, 1.82) is 0 Å². The molecule has 7 nitrogen and oxygen atoms in total. The summed E-state index contributed by atoms with van der Waals surface area (Å²) in [7, 11) is 0.695.